The first-order chi connectivity index (χ1) is 7.15. The summed E-state index contributed by atoms with van der Waals surface area (Å²) >= 11 is 3.27. The number of nitrogens with one attached hydrogen (secondary N) is 1. The van der Waals surface area contributed by atoms with Crippen LogP contribution in [0.15, 0.2) is 6.20 Å². The van der Waals surface area contributed by atoms with Gasteiger partial charge in [-0.15, -0.1) is 21.5 Å². The first kappa shape index (κ1) is 10.5. The average molecular weight is 240 g/mol. The molecule has 0 aliphatic rings. The van der Waals surface area contributed by atoms with Crippen LogP contribution in [-0.4, -0.2) is 15.2 Å². The number of anilines is 1. The molecule has 0 bridgehead atoms. The quantitative estimate of drug-likeness (QED) is 0.896. The Morgan fingerprint density at radius 3 is 2.60 bits per heavy atom. The van der Waals surface area contributed by atoms with Crippen LogP contribution in [0, 0.1) is 13.8 Å². The van der Waals surface area contributed by atoms with Crippen LogP contribution in [-0.2, 0) is 0 Å². The largest absolute Gasteiger partial charge is 0.351 e. The summed E-state index contributed by atoms with van der Waals surface area (Å²) in [6.07, 6.45) is 1.89. The molecule has 1 N–H and O–H groups in total. The molecule has 1 atom stereocenters. The van der Waals surface area contributed by atoms with E-state index < -0.39 is 0 Å². The number of thiazole rings is 1. The lowest BCUT2D eigenvalue weighted by Gasteiger charge is -2.08. The van der Waals surface area contributed by atoms with Gasteiger partial charge in [0.05, 0.1) is 6.04 Å². The fourth-order valence-corrected chi connectivity index (χ4v) is 2.63. The van der Waals surface area contributed by atoms with Crippen molar-refractivity contribution in [3.63, 3.8) is 0 Å². The van der Waals surface area contributed by atoms with Crippen molar-refractivity contribution in [3.05, 3.63) is 21.1 Å². The molecule has 0 saturated carbocycles. The first-order valence-corrected chi connectivity index (χ1v) is 6.27. The predicted molar refractivity (Wildman–Crippen MR) is 63.5 cm³/mol. The van der Waals surface area contributed by atoms with Gasteiger partial charge in [-0.2, -0.15) is 0 Å². The van der Waals surface area contributed by atoms with Crippen molar-refractivity contribution in [1.29, 1.82) is 0 Å². The van der Waals surface area contributed by atoms with E-state index >= 15 is 0 Å². The molecule has 15 heavy (non-hydrogen) atoms. The molecule has 0 aliphatic heterocycles. The van der Waals surface area contributed by atoms with Crippen LogP contribution < -0.4 is 5.32 Å². The molecule has 2 rings (SSSR count). The molecule has 6 heteroatoms. The molecule has 0 amide bonds. The fraction of sp³-hybridized carbons (Fsp3) is 0.444. The third-order valence-corrected chi connectivity index (χ3v) is 3.74. The molecule has 0 spiro atoms. The second-order valence-electron chi connectivity index (χ2n) is 3.30. The zero-order valence-corrected chi connectivity index (χ0v) is 10.4. The highest BCUT2D eigenvalue weighted by Crippen LogP contribution is 2.24. The van der Waals surface area contributed by atoms with Gasteiger partial charge in [-0.1, -0.05) is 11.3 Å². The van der Waals surface area contributed by atoms with Gasteiger partial charge in [-0.25, -0.2) is 4.98 Å². The minimum atomic E-state index is 0.191. The van der Waals surface area contributed by atoms with Gasteiger partial charge in [0.15, 0.2) is 0 Å². The van der Waals surface area contributed by atoms with Crippen LogP contribution in [0.25, 0.3) is 0 Å². The van der Waals surface area contributed by atoms with Crippen molar-refractivity contribution in [1.82, 2.24) is 15.2 Å². The number of rotatable bonds is 3. The van der Waals surface area contributed by atoms with E-state index in [4.69, 9.17) is 0 Å². The van der Waals surface area contributed by atoms with Crippen LogP contribution in [0.2, 0.25) is 0 Å². The summed E-state index contributed by atoms with van der Waals surface area (Å²) in [5, 5.41) is 14.2. The third kappa shape index (κ3) is 2.51. The highest BCUT2D eigenvalue weighted by atomic mass is 32.1. The van der Waals surface area contributed by atoms with Crippen molar-refractivity contribution in [2.45, 2.75) is 26.8 Å². The minimum Gasteiger partial charge on any atom is -0.351 e. The molecular weight excluding hydrogens is 228 g/mol. The second-order valence-corrected chi connectivity index (χ2v) is 5.75. The predicted octanol–water partition coefficient (Wildman–Crippen LogP) is 2.78. The standard InChI is InChI=1S/C9H12N4S2/c1-5-4-10-8(14-5)6(2)11-9-13-12-7(3)15-9/h4,6H,1-3H3,(H,11,13). The lowest BCUT2D eigenvalue weighted by Crippen LogP contribution is -2.05. The van der Waals surface area contributed by atoms with E-state index in [1.807, 2.05) is 13.1 Å². The van der Waals surface area contributed by atoms with Crippen molar-refractivity contribution >= 4 is 27.8 Å². The van der Waals surface area contributed by atoms with E-state index in [9.17, 15) is 0 Å². The van der Waals surface area contributed by atoms with Gasteiger partial charge in [-0.3, -0.25) is 0 Å². The fourth-order valence-electron chi connectivity index (χ4n) is 1.17. The molecule has 2 aromatic rings. The summed E-state index contributed by atoms with van der Waals surface area (Å²) in [7, 11) is 0. The highest BCUT2D eigenvalue weighted by Gasteiger charge is 2.11. The van der Waals surface area contributed by atoms with Crippen molar-refractivity contribution < 1.29 is 0 Å². The van der Waals surface area contributed by atoms with Crippen molar-refractivity contribution in [2.75, 3.05) is 5.32 Å². The maximum atomic E-state index is 4.33. The maximum absolute atomic E-state index is 4.33. The Morgan fingerprint density at radius 1 is 1.27 bits per heavy atom. The Kier molecular flexibility index (Phi) is 2.97. The number of hydrogen-bond donors (Lipinski definition) is 1. The first-order valence-electron chi connectivity index (χ1n) is 4.64. The second kappa shape index (κ2) is 4.24. The lowest BCUT2D eigenvalue weighted by atomic mass is 10.4. The number of nitrogens with zero attached hydrogens (tertiary/aromatic N) is 3. The van der Waals surface area contributed by atoms with Gasteiger partial charge in [0.1, 0.15) is 10.0 Å². The molecule has 0 aliphatic carbocycles. The van der Waals surface area contributed by atoms with Crippen LogP contribution >= 0.6 is 22.7 Å². The molecule has 2 heterocycles. The molecule has 0 radical (unpaired) electrons. The molecule has 0 fully saturated rings. The maximum Gasteiger partial charge on any atom is 0.206 e. The van der Waals surface area contributed by atoms with Gasteiger partial charge in [0, 0.05) is 11.1 Å². The minimum absolute atomic E-state index is 0.191. The summed E-state index contributed by atoms with van der Waals surface area (Å²) < 4.78 is 0. The molecule has 2 aromatic heterocycles. The topological polar surface area (TPSA) is 50.7 Å². The van der Waals surface area contributed by atoms with Gasteiger partial charge in [0.25, 0.3) is 0 Å². The summed E-state index contributed by atoms with van der Waals surface area (Å²) in [6, 6.07) is 0.191. The molecule has 80 valence electrons. The Bertz CT molecular complexity index is 448. The Balaban J connectivity index is 2.06. The molecule has 0 saturated heterocycles. The SMILES string of the molecule is Cc1cnc(C(C)Nc2nnc(C)s2)s1. The third-order valence-electron chi connectivity index (χ3n) is 1.88. The van der Waals surface area contributed by atoms with E-state index in [-0.39, 0.29) is 6.04 Å². The van der Waals surface area contributed by atoms with E-state index in [0.717, 1.165) is 15.1 Å². The van der Waals surface area contributed by atoms with Crippen molar-refractivity contribution in [3.8, 4) is 0 Å². The van der Waals surface area contributed by atoms with Crippen LogP contribution in [0.4, 0.5) is 5.13 Å². The van der Waals surface area contributed by atoms with Crippen LogP contribution in [0.5, 0.6) is 0 Å². The van der Waals surface area contributed by atoms with Crippen LogP contribution in [0.1, 0.15) is 27.9 Å². The average Bonchev–Trinajstić information content (AvgIpc) is 2.75. The number of aromatic nitrogens is 3. The van der Waals surface area contributed by atoms with Gasteiger partial charge < -0.3 is 5.32 Å². The summed E-state index contributed by atoms with van der Waals surface area (Å²) in [5.41, 5.74) is 0. The monoisotopic (exact) mass is 240 g/mol. The normalized spacial score (nSPS) is 12.7. The van der Waals surface area contributed by atoms with E-state index in [0.29, 0.717) is 0 Å². The van der Waals surface area contributed by atoms with Gasteiger partial charge in [-0.05, 0) is 20.8 Å². The highest BCUT2D eigenvalue weighted by molar-refractivity contribution is 7.15. The Morgan fingerprint density at radius 2 is 2.07 bits per heavy atom. The zero-order chi connectivity index (χ0) is 10.8. The van der Waals surface area contributed by atoms with Crippen LogP contribution in [0.3, 0.4) is 0 Å². The smallest absolute Gasteiger partial charge is 0.206 e. The van der Waals surface area contributed by atoms with E-state index in [1.165, 1.54) is 4.88 Å². The van der Waals surface area contributed by atoms with E-state index in [1.54, 1.807) is 22.7 Å². The molecule has 4 nitrogen and oxygen atoms in total. The molecule has 0 aromatic carbocycles. The van der Waals surface area contributed by atoms with E-state index in [2.05, 4.69) is 34.3 Å². The van der Waals surface area contributed by atoms with Gasteiger partial charge in [0.2, 0.25) is 5.13 Å². The van der Waals surface area contributed by atoms with Gasteiger partial charge >= 0.3 is 0 Å². The lowest BCUT2D eigenvalue weighted by molar-refractivity contribution is 0.859. The summed E-state index contributed by atoms with van der Waals surface area (Å²) in [5.74, 6) is 0. The summed E-state index contributed by atoms with van der Waals surface area (Å²) in [6.45, 7) is 6.08. The molecule has 1 unspecified atom stereocenters. The summed E-state index contributed by atoms with van der Waals surface area (Å²) in [4.78, 5) is 5.56. The zero-order valence-electron chi connectivity index (χ0n) is 8.81. The van der Waals surface area contributed by atoms with Crippen molar-refractivity contribution in [2.24, 2.45) is 0 Å². The Labute approximate surface area is 96.4 Å². The number of hydrogen-bond acceptors (Lipinski definition) is 6. The molecular formula is C9H12N4S2. The Hall–Kier alpha value is -1.01. The number of aryl methyl sites for hydroxylation is 2.